The Morgan fingerprint density at radius 2 is 0.960 bits per heavy atom. The first kappa shape index (κ1) is 16.6. The van der Waals surface area contributed by atoms with Crippen LogP contribution in [0.2, 0.25) is 13.1 Å². The van der Waals surface area contributed by atoms with Crippen LogP contribution < -0.4 is 0 Å². The van der Waals surface area contributed by atoms with E-state index in [9.17, 15) is 0 Å². The van der Waals surface area contributed by atoms with Gasteiger partial charge < -0.3 is 0 Å². The highest BCUT2D eigenvalue weighted by Gasteiger charge is 2.44. The van der Waals surface area contributed by atoms with E-state index >= 15 is 0 Å². The van der Waals surface area contributed by atoms with E-state index in [0.29, 0.717) is 11.1 Å². The normalized spacial score (nSPS) is 20.9. The second-order valence-electron chi connectivity index (χ2n) is 8.55. The lowest BCUT2D eigenvalue weighted by Crippen LogP contribution is -2.40. The fraction of sp³-hybridized carbons (Fsp3) is 0.333. The minimum atomic E-state index is -1.62. The van der Waals surface area contributed by atoms with Gasteiger partial charge in [-0.15, -0.1) is 0 Å². The second kappa shape index (κ2) is 5.57. The molecule has 0 aliphatic heterocycles. The zero-order valence-electron chi connectivity index (χ0n) is 16.3. The van der Waals surface area contributed by atoms with Gasteiger partial charge in [0.25, 0.3) is 0 Å². The maximum Gasteiger partial charge on any atom is 0.0715 e. The first-order valence-electron chi connectivity index (χ1n) is 9.39. The molecular formula is C24H28Si. The number of allylic oxidation sites excluding steroid dienone is 2. The molecule has 0 heterocycles. The Labute approximate surface area is 153 Å². The standard InChI is InChI=1S/C24H28Si/c1-15-7-9-17(3)23-19(15)11-13-21(23)25(5,6)22-14-12-20-16(2)8-10-18(4)24(20)22/h7-14,21-22H,1-6H3. The summed E-state index contributed by atoms with van der Waals surface area (Å²) < 4.78 is 0. The molecule has 0 radical (unpaired) electrons. The average molecular weight is 345 g/mol. The molecule has 1 heteroatoms. The molecule has 4 rings (SSSR count). The third-order valence-corrected chi connectivity index (χ3v) is 10.8. The van der Waals surface area contributed by atoms with Gasteiger partial charge >= 0.3 is 0 Å². The smallest absolute Gasteiger partial charge is 0.0715 e. The van der Waals surface area contributed by atoms with Crippen LogP contribution in [0.4, 0.5) is 0 Å². The fourth-order valence-corrected chi connectivity index (χ4v) is 8.81. The maximum absolute atomic E-state index is 2.59. The highest BCUT2D eigenvalue weighted by Crippen LogP contribution is 2.49. The molecule has 2 atom stereocenters. The predicted octanol–water partition coefficient (Wildman–Crippen LogP) is 6.63. The topological polar surface area (TPSA) is 0 Å². The predicted molar refractivity (Wildman–Crippen MR) is 113 cm³/mol. The third-order valence-electron chi connectivity index (χ3n) is 6.58. The summed E-state index contributed by atoms with van der Waals surface area (Å²) >= 11 is 0. The Bertz CT molecular complexity index is 852. The SMILES string of the molecule is Cc1ccc(C)c2c1C=CC2[Si](C)(C)C1C=Cc2c(C)ccc(C)c21. The van der Waals surface area contributed by atoms with E-state index in [-0.39, 0.29) is 0 Å². The maximum atomic E-state index is 2.59. The zero-order valence-corrected chi connectivity index (χ0v) is 17.3. The molecule has 0 saturated heterocycles. The van der Waals surface area contributed by atoms with Crippen molar-refractivity contribution in [3.63, 3.8) is 0 Å². The summed E-state index contributed by atoms with van der Waals surface area (Å²) in [7, 11) is -1.62. The Morgan fingerprint density at radius 1 is 0.600 bits per heavy atom. The molecule has 2 unspecified atom stereocenters. The monoisotopic (exact) mass is 344 g/mol. The van der Waals surface area contributed by atoms with Crippen molar-refractivity contribution in [2.24, 2.45) is 0 Å². The van der Waals surface area contributed by atoms with Crippen molar-refractivity contribution in [2.75, 3.05) is 0 Å². The summed E-state index contributed by atoms with van der Waals surface area (Å²) in [5, 5.41) is 0. The van der Waals surface area contributed by atoms with E-state index in [4.69, 9.17) is 0 Å². The van der Waals surface area contributed by atoms with Gasteiger partial charge in [0.2, 0.25) is 0 Å². The van der Waals surface area contributed by atoms with Gasteiger partial charge in [0.15, 0.2) is 0 Å². The van der Waals surface area contributed by atoms with Crippen molar-refractivity contribution < 1.29 is 0 Å². The van der Waals surface area contributed by atoms with Gasteiger partial charge in [-0.25, -0.2) is 0 Å². The minimum Gasteiger partial charge on any atom is -0.0791 e. The van der Waals surface area contributed by atoms with Crippen LogP contribution in [0.1, 0.15) is 55.6 Å². The minimum absolute atomic E-state index is 0.600. The van der Waals surface area contributed by atoms with Crippen molar-refractivity contribution in [2.45, 2.75) is 51.9 Å². The van der Waals surface area contributed by atoms with E-state index in [2.05, 4.69) is 89.4 Å². The first-order valence-corrected chi connectivity index (χ1v) is 12.5. The van der Waals surface area contributed by atoms with Gasteiger partial charge in [-0.05, 0) is 83.3 Å². The molecule has 0 spiro atoms. The van der Waals surface area contributed by atoms with E-state index in [1.165, 1.54) is 33.4 Å². The quantitative estimate of drug-likeness (QED) is 0.536. The molecular weight excluding hydrogens is 316 g/mol. The van der Waals surface area contributed by atoms with Crippen LogP contribution in [0.5, 0.6) is 0 Å². The summed E-state index contributed by atoms with van der Waals surface area (Å²) in [6, 6.07) is 9.17. The molecule has 2 aliphatic carbocycles. The van der Waals surface area contributed by atoms with Crippen LogP contribution >= 0.6 is 0 Å². The van der Waals surface area contributed by atoms with Crippen LogP contribution in [0.3, 0.4) is 0 Å². The first-order chi connectivity index (χ1) is 11.8. The zero-order chi connectivity index (χ0) is 17.9. The van der Waals surface area contributed by atoms with Gasteiger partial charge in [0.1, 0.15) is 0 Å². The Morgan fingerprint density at radius 3 is 1.36 bits per heavy atom. The molecule has 0 amide bonds. The molecule has 0 fully saturated rings. The van der Waals surface area contributed by atoms with Gasteiger partial charge in [-0.1, -0.05) is 61.7 Å². The Hall–Kier alpha value is -1.86. The molecule has 2 aliphatic rings. The largest absolute Gasteiger partial charge is 0.0791 e. The van der Waals surface area contributed by atoms with E-state index in [0.717, 1.165) is 0 Å². The number of benzene rings is 2. The van der Waals surface area contributed by atoms with E-state index in [1.807, 2.05) is 0 Å². The van der Waals surface area contributed by atoms with Gasteiger partial charge in [-0.2, -0.15) is 0 Å². The molecule has 0 N–H and O–H groups in total. The molecule has 0 saturated carbocycles. The average Bonchev–Trinajstić information content (AvgIpc) is 3.20. The van der Waals surface area contributed by atoms with Crippen molar-refractivity contribution in [1.82, 2.24) is 0 Å². The van der Waals surface area contributed by atoms with Gasteiger partial charge in [-0.3, -0.25) is 0 Å². The highest BCUT2D eigenvalue weighted by atomic mass is 28.3. The van der Waals surface area contributed by atoms with Crippen molar-refractivity contribution in [1.29, 1.82) is 0 Å². The lowest BCUT2D eigenvalue weighted by molar-refractivity contribution is 1.02. The Kier molecular flexibility index (Phi) is 3.70. The van der Waals surface area contributed by atoms with Crippen LogP contribution in [0.25, 0.3) is 12.2 Å². The molecule has 2 aromatic carbocycles. The lowest BCUT2D eigenvalue weighted by Gasteiger charge is -2.37. The van der Waals surface area contributed by atoms with Crippen molar-refractivity contribution in [3.8, 4) is 0 Å². The molecule has 0 nitrogen and oxygen atoms in total. The summed E-state index contributed by atoms with van der Waals surface area (Å²) in [5.41, 5.74) is 13.1. The third kappa shape index (κ3) is 2.32. The second-order valence-corrected chi connectivity index (χ2v) is 13.4. The molecule has 25 heavy (non-hydrogen) atoms. The molecule has 2 aromatic rings. The Balaban J connectivity index is 1.84. The number of rotatable bonds is 2. The number of hydrogen-bond donors (Lipinski definition) is 0. The number of aryl methyl sites for hydroxylation is 4. The number of hydrogen-bond acceptors (Lipinski definition) is 0. The van der Waals surface area contributed by atoms with E-state index < -0.39 is 8.07 Å². The molecule has 128 valence electrons. The summed E-state index contributed by atoms with van der Waals surface area (Å²) in [6.45, 7) is 14.2. The van der Waals surface area contributed by atoms with Crippen molar-refractivity contribution in [3.05, 3.63) is 80.9 Å². The summed E-state index contributed by atoms with van der Waals surface area (Å²) in [4.78, 5) is 0. The summed E-state index contributed by atoms with van der Waals surface area (Å²) in [6.07, 6.45) is 9.79. The fourth-order valence-electron chi connectivity index (χ4n) is 4.99. The van der Waals surface area contributed by atoms with Gasteiger partial charge in [0, 0.05) is 0 Å². The lowest BCUT2D eigenvalue weighted by atomic mass is 9.99. The molecule has 0 bridgehead atoms. The highest BCUT2D eigenvalue weighted by molar-refractivity contribution is 6.81. The van der Waals surface area contributed by atoms with Crippen LogP contribution in [0, 0.1) is 27.7 Å². The number of fused-ring (bicyclic) bond motifs is 2. The van der Waals surface area contributed by atoms with Crippen LogP contribution in [0.15, 0.2) is 36.4 Å². The van der Waals surface area contributed by atoms with Gasteiger partial charge in [0.05, 0.1) is 8.07 Å². The van der Waals surface area contributed by atoms with Crippen molar-refractivity contribution >= 4 is 20.2 Å². The van der Waals surface area contributed by atoms with E-state index in [1.54, 1.807) is 11.1 Å². The summed E-state index contributed by atoms with van der Waals surface area (Å²) in [5.74, 6) is 0. The molecule has 0 aromatic heterocycles. The van der Waals surface area contributed by atoms with Crippen LogP contribution in [-0.2, 0) is 0 Å². The van der Waals surface area contributed by atoms with Crippen LogP contribution in [-0.4, -0.2) is 8.07 Å².